The molecule has 0 saturated carbocycles. The maximum atomic E-state index is 11.8. The van der Waals surface area contributed by atoms with Crippen molar-refractivity contribution in [3.8, 4) is 11.3 Å². The van der Waals surface area contributed by atoms with Crippen LogP contribution in [0.4, 0.5) is 16.4 Å². The molecule has 0 aliphatic rings. The lowest BCUT2D eigenvalue weighted by Gasteiger charge is -2.19. The van der Waals surface area contributed by atoms with Crippen molar-refractivity contribution in [1.82, 2.24) is 19.8 Å². The minimum Gasteiger partial charge on any atom is -0.444 e. The summed E-state index contributed by atoms with van der Waals surface area (Å²) in [5, 5.41) is 11.0. The van der Waals surface area contributed by atoms with E-state index in [2.05, 4.69) is 20.5 Å². The number of carbonyl (C=O) groups excluding carboxylic acids is 1. The summed E-state index contributed by atoms with van der Waals surface area (Å²) in [5.41, 5.74) is 7.83. The van der Waals surface area contributed by atoms with Crippen LogP contribution in [0.1, 0.15) is 20.8 Å². The molecule has 0 atom stereocenters. The molecule has 0 spiro atoms. The van der Waals surface area contributed by atoms with Crippen LogP contribution in [0.25, 0.3) is 16.9 Å². The molecule has 3 aromatic rings. The number of hydrogen-bond acceptors (Lipinski definition) is 6. The lowest BCUT2D eigenvalue weighted by atomic mass is 10.1. The predicted molar refractivity (Wildman–Crippen MR) is 90.5 cm³/mol. The van der Waals surface area contributed by atoms with Crippen LogP contribution < -0.4 is 11.1 Å². The Kier molecular flexibility index (Phi) is 3.80. The number of rotatable bonds is 2. The topological polar surface area (TPSA) is 107 Å². The SMILES string of the molecule is CC(C)(C)OC(=O)Nc1ccc(-c2ccc3nc(N)nn3n2)cc1. The van der Waals surface area contributed by atoms with Gasteiger partial charge in [-0.15, -0.1) is 14.8 Å². The standard InChI is InChI=1S/C16H18N6O2/c1-16(2,3)24-15(23)18-11-6-4-10(5-7-11)12-8-9-13-19-14(17)21-22(13)20-12/h4-9H,1-3H3,(H2,17,21)(H,18,23). The van der Waals surface area contributed by atoms with Crippen LogP contribution in [0.15, 0.2) is 36.4 Å². The zero-order valence-corrected chi connectivity index (χ0v) is 13.6. The first-order valence-electron chi connectivity index (χ1n) is 7.40. The van der Waals surface area contributed by atoms with Crippen molar-refractivity contribution in [2.24, 2.45) is 0 Å². The van der Waals surface area contributed by atoms with Gasteiger partial charge in [-0.25, -0.2) is 4.79 Å². The van der Waals surface area contributed by atoms with Crippen molar-refractivity contribution in [2.45, 2.75) is 26.4 Å². The summed E-state index contributed by atoms with van der Waals surface area (Å²) >= 11 is 0. The van der Waals surface area contributed by atoms with Crippen LogP contribution in [-0.2, 0) is 4.74 Å². The van der Waals surface area contributed by atoms with Crippen LogP contribution in [0, 0.1) is 0 Å². The average Bonchev–Trinajstić information content (AvgIpc) is 2.85. The van der Waals surface area contributed by atoms with E-state index in [-0.39, 0.29) is 5.95 Å². The van der Waals surface area contributed by atoms with Gasteiger partial charge >= 0.3 is 6.09 Å². The van der Waals surface area contributed by atoms with Gasteiger partial charge in [0.05, 0.1) is 5.69 Å². The lowest BCUT2D eigenvalue weighted by molar-refractivity contribution is 0.0636. The quantitative estimate of drug-likeness (QED) is 0.749. The van der Waals surface area contributed by atoms with Gasteiger partial charge in [0.15, 0.2) is 5.65 Å². The number of hydrogen-bond donors (Lipinski definition) is 2. The minimum absolute atomic E-state index is 0.177. The fraction of sp³-hybridized carbons (Fsp3) is 0.250. The maximum Gasteiger partial charge on any atom is 0.412 e. The first kappa shape index (κ1) is 15.7. The Morgan fingerprint density at radius 1 is 1.12 bits per heavy atom. The number of nitrogens with zero attached hydrogens (tertiary/aromatic N) is 4. The molecule has 3 rings (SSSR count). The van der Waals surface area contributed by atoms with E-state index in [1.165, 1.54) is 4.63 Å². The molecule has 3 N–H and O–H groups in total. The summed E-state index contributed by atoms with van der Waals surface area (Å²) in [6.07, 6.45) is -0.493. The highest BCUT2D eigenvalue weighted by molar-refractivity contribution is 5.85. The Bertz CT molecular complexity index is 880. The summed E-state index contributed by atoms with van der Waals surface area (Å²) in [7, 11) is 0. The number of anilines is 2. The van der Waals surface area contributed by atoms with Gasteiger partial charge in [-0.1, -0.05) is 12.1 Å². The third-order valence-corrected chi connectivity index (χ3v) is 3.05. The van der Waals surface area contributed by atoms with Crippen LogP contribution in [0.2, 0.25) is 0 Å². The Morgan fingerprint density at radius 2 is 1.83 bits per heavy atom. The molecule has 0 saturated heterocycles. The third kappa shape index (κ3) is 3.60. The van der Waals surface area contributed by atoms with Crippen LogP contribution in [-0.4, -0.2) is 31.5 Å². The number of nitrogens with two attached hydrogens (primary N) is 1. The smallest absolute Gasteiger partial charge is 0.412 e. The van der Waals surface area contributed by atoms with Gasteiger partial charge < -0.3 is 10.5 Å². The van der Waals surface area contributed by atoms with E-state index < -0.39 is 11.7 Å². The number of ether oxygens (including phenoxy) is 1. The van der Waals surface area contributed by atoms with Crippen molar-refractivity contribution in [3.63, 3.8) is 0 Å². The van der Waals surface area contributed by atoms with E-state index in [4.69, 9.17) is 10.5 Å². The second-order valence-corrected chi connectivity index (χ2v) is 6.24. The molecule has 0 aliphatic heterocycles. The Labute approximate surface area is 138 Å². The number of carbonyl (C=O) groups is 1. The minimum atomic E-state index is -0.539. The van der Waals surface area contributed by atoms with Crippen LogP contribution >= 0.6 is 0 Å². The summed E-state index contributed by atoms with van der Waals surface area (Å²) in [5.74, 6) is 0.177. The third-order valence-electron chi connectivity index (χ3n) is 3.05. The van der Waals surface area contributed by atoms with Gasteiger partial charge in [0, 0.05) is 11.3 Å². The molecule has 2 heterocycles. The molecule has 0 radical (unpaired) electrons. The van der Waals surface area contributed by atoms with Crippen molar-refractivity contribution in [2.75, 3.05) is 11.1 Å². The largest absolute Gasteiger partial charge is 0.444 e. The van der Waals surface area contributed by atoms with E-state index in [9.17, 15) is 4.79 Å². The molecule has 8 nitrogen and oxygen atoms in total. The van der Waals surface area contributed by atoms with Gasteiger partial charge in [-0.3, -0.25) is 5.32 Å². The number of benzene rings is 1. The van der Waals surface area contributed by atoms with Crippen molar-refractivity contribution in [3.05, 3.63) is 36.4 Å². The number of fused-ring (bicyclic) bond motifs is 1. The normalized spacial score (nSPS) is 11.5. The lowest BCUT2D eigenvalue weighted by Crippen LogP contribution is -2.27. The number of amides is 1. The van der Waals surface area contributed by atoms with E-state index in [1.54, 1.807) is 18.2 Å². The molecule has 0 unspecified atom stereocenters. The molecular weight excluding hydrogens is 308 g/mol. The number of nitrogen functional groups attached to an aromatic ring is 1. The van der Waals surface area contributed by atoms with Crippen LogP contribution in [0.3, 0.4) is 0 Å². The Balaban J connectivity index is 1.76. The van der Waals surface area contributed by atoms with Gasteiger partial charge in [-0.05, 0) is 45.0 Å². The van der Waals surface area contributed by atoms with E-state index in [0.29, 0.717) is 11.3 Å². The molecule has 1 aromatic carbocycles. The molecule has 0 fully saturated rings. The fourth-order valence-corrected chi connectivity index (χ4v) is 2.10. The molecule has 0 aliphatic carbocycles. The molecule has 2 aromatic heterocycles. The number of aromatic nitrogens is 4. The van der Waals surface area contributed by atoms with E-state index in [0.717, 1.165) is 11.3 Å². The summed E-state index contributed by atoms with van der Waals surface area (Å²) in [6.45, 7) is 5.44. The Hall–Kier alpha value is -3.16. The summed E-state index contributed by atoms with van der Waals surface area (Å²) in [4.78, 5) is 15.8. The summed E-state index contributed by atoms with van der Waals surface area (Å²) < 4.78 is 6.60. The second-order valence-electron chi connectivity index (χ2n) is 6.24. The van der Waals surface area contributed by atoms with E-state index in [1.807, 2.05) is 39.0 Å². The highest BCUT2D eigenvalue weighted by Crippen LogP contribution is 2.20. The van der Waals surface area contributed by atoms with Crippen molar-refractivity contribution in [1.29, 1.82) is 0 Å². The first-order valence-corrected chi connectivity index (χ1v) is 7.40. The number of nitrogens with one attached hydrogen (secondary N) is 1. The highest BCUT2D eigenvalue weighted by atomic mass is 16.6. The molecule has 24 heavy (non-hydrogen) atoms. The zero-order chi connectivity index (χ0) is 17.3. The maximum absolute atomic E-state index is 11.8. The van der Waals surface area contributed by atoms with E-state index >= 15 is 0 Å². The second kappa shape index (κ2) is 5.80. The Morgan fingerprint density at radius 3 is 2.50 bits per heavy atom. The monoisotopic (exact) mass is 326 g/mol. The average molecular weight is 326 g/mol. The van der Waals surface area contributed by atoms with Gasteiger partial charge in [0.2, 0.25) is 5.95 Å². The molecule has 8 heteroatoms. The molecule has 0 bridgehead atoms. The predicted octanol–water partition coefficient (Wildman–Crippen LogP) is 2.72. The van der Waals surface area contributed by atoms with Crippen molar-refractivity contribution < 1.29 is 9.53 Å². The summed E-state index contributed by atoms with van der Waals surface area (Å²) in [6, 6.07) is 10.9. The molecule has 1 amide bonds. The zero-order valence-electron chi connectivity index (χ0n) is 13.6. The van der Waals surface area contributed by atoms with Crippen LogP contribution in [0.5, 0.6) is 0 Å². The molecular formula is C16H18N6O2. The fourth-order valence-electron chi connectivity index (χ4n) is 2.10. The van der Waals surface area contributed by atoms with Crippen molar-refractivity contribution >= 4 is 23.4 Å². The first-order chi connectivity index (χ1) is 11.3. The van der Waals surface area contributed by atoms with Gasteiger partial charge in [0.25, 0.3) is 0 Å². The molecule has 124 valence electrons. The van der Waals surface area contributed by atoms with Gasteiger partial charge in [-0.2, -0.15) is 4.98 Å². The highest BCUT2D eigenvalue weighted by Gasteiger charge is 2.16. The van der Waals surface area contributed by atoms with Gasteiger partial charge in [0.1, 0.15) is 5.60 Å².